The molecule has 21 heavy (non-hydrogen) atoms. The van der Waals surface area contributed by atoms with Crippen LogP contribution in [0.1, 0.15) is 32.3 Å². The number of anilines is 1. The van der Waals surface area contributed by atoms with Gasteiger partial charge in [0.25, 0.3) is 5.91 Å². The van der Waals surface area contributed by atoms with E-state index in [2.05, 4.69) is 21.2 Å². The van der Waals surface area contributed by atoms with Crippen LogP contribution in [-0.4, -0.2) is 23.4 Å². The van der Waals surface area contributed by atoms with E-state index in [0.717, 1.165) is 28.6 Å². The minimum absolute atomic E-state index is 0.00234. The third kappa shape index (κ3) is 2.27. The molecule has 4 nitrogen and oxygen atoms in total. The van der Waals surface area contributed by atoms with E-state index in [9.17, 15) is 9.59 Å². The molecular formula is C16H19BrN2O2. The maximum atomic E-state index is 13.0. The standard InChI is InChI=1S/C16H19BrN2O2/c1-9-8-12(17)6-7-13(9)19-10(2)14(20)18-16(3,15(19)21)11-4-5-11/h6-8,10-11H,4-5H2,1-3H3,(H,18,20). The van der Waals surface area contributed by atoms with E-state index in [0.29, 0.717) is 0 Å². The number of nitrogens with one attached hydrogen (secondary N) is 1. The van der Waals surface area contributed by atoms with Crippen molar-refractivity contribution in [3.05, 3.63) is 28.2 Å². The third-order valence-electron chi connectivity index (χ3n) is 4.62. The first-order chi connectivity index (χ1) is 9.84. The quantitative estimate of drug-likeness (QED) is 0.891. The second-order valence-corrected chi connectivity index (χ2v) is 7.16. The summed E-state index contributed by atoms with van der Waals surface area (Å²) in [7, 11) is 0. The molecule has 1 heterocycles. The number of carbonyl (C=O) groups excluding carboxylic acids is 2. The monoisotopic (exact) mass is 350 g/mol. The predicted octanol–water partition coefficient (Wildman–Crippen LogP) is 2.78. The highest BCUT2D eigenvalue weighted by atomic mass is 79.9. The smallest absolute Gasteiger partial charge is 0.253 e. The number of rotatable bonds is 2. The molecule has 1 saturated carbocycles. The van der Waals surface area contributed by atoms with Gasteiger partial charge in [0.05, 0.1) is 0 Å². The first-order valence-corrected chi connectivity index (χ1v) is 8.05. The molecule has 0 aromatic heterocycles. The Balaban J connectivity index is 2.05. The molecule has 1 aliphatic carbocycles. The number of nitrogens with zero attached hydrogens (tertiary/aromatic N) is 1. The molecule has 2 fully saturated rings. The molecule has 1 N–H and O–H groups in total. The summed E-state index contributed by atoms with van der Waals surface area (Å²) in [5.74, 6) is 0.188. The molecule has 2 unspecified atom stereocenters. The average Bonchev–Trinajstić information content (AvgIpc) is 3.24. The lowest BCUT2D eigenvalue weighted by molar-refractivity contribution is -0.138. The predicted molar refractivity (Wildman–Crippen MR) is 85.1 cm³/mol. The molecule has 1 aromatic carbocycles. The van der Waals surface area contributed by atoms with E-state index in [1.807, 2.05) is 32.0 Å². The van der Waals surface area contributed by atoms with Crippen LogP contribution in [0.2, 0.25) is 0 Å². The summed E-state index contributed by atoms with van der Waals surface area (Å²) in [6.07, 6.45) is 2.01. The van der Waals surface area contributed by atoms with Crippen LogP contribution in [0.15, 0.2) is 22.7 Å². The van der Waals surface area contributed by atoms with E-state index < -0.39 is 11.6 Å². The molecule has 2 amide bonds. The van der Waals surface area contributed by atoms with Crippen LogP contribution in [0.3, 0.4) is 0 Å². The molecule has 2 atom stereocenters. The zero-order valence-electron chi connectivity index (χ0n) is 12.4. The summed E-state index contributed by atoms with van der Waals surface area (Å²) < 4.78 is 0.968. The van der Waals surface area contributed by atoms with Gasteiger partial charge in [0.1, 0.15) is 11.6 Å². The van der Waals surface area contributed by atoms with Crippen LogP contribution in [-0.2, 0) is 9.59 Å². The van der Waals surface area contributed by atoms with Crippen molar-refractivity contribution in [2.24, 2.45) is 5.92 Å². The fraction of sp³-hybridized carbons (Fsp3) is 0.500. The molecule has 1 aromatic rings. The molecule has 0 radical (unpaired) electrons. The lowest BCUT2D eigenvalue weighted by Gasteiger charge is -2.44. The number of halogens is 1. The number of piperazine rings is 1. The Morgan fingerprint density at radius 1 is 1.33 bits per heavy atom. The van der Waals surface area contributed by atoms with Crippen LogP contribution in [0.25, 0.3) is 0 Å². The fourth-order valence-corrected chi connectivity index (χ4v) is 3.58. The van der Waals surface area contributed by atoms with Gasteiger partial charge in [-0.15, -0.1) is 0 Å². The second-order valence-electron chi connectivity index (χ2n) is 6.25. The van der Waals surface area contributed by atoms with E-state index in [4.69, 9.17) is 0 Å². The van der Waals surface area contributed by atoms with Crippen molar-refractivity contribution in [1.29, 1.82) is 0 Å². The van der Waals surface area contributed by atoms with Crippen LogP contribution < -0.4 is 10.2 Å². The maximum absolute atomic E-state index is 13.0. The number of hydrogen-bond donors (Lipinski definition) is 1. The van der Waals surface area contributed by atoms with Crippen molar-refractivity contribution in [1.82, 2.24) is 5.32 Å². The Bertz CT molecular complexity index is 627. The number of amides is 2. The molecule has 3 rings (SSSR count). The lowest BCUT2D eigenvalue weighted by Crippen LogP contribution is -2.70. The Morgan fingerprint density at radius 3 is 2.57 bits per heavy atom. The van der Waals surface area contributed by atoms with Gasteiger partial charge in [-0.3, -0.25) is 14.5 Å². The Labute approximate surface area is 133 Å². The van der Waals surface area contributed by atoms with Gasteiger partial charge in [0.15, 0.2) is 0 Å². The molecule has 1 saturated heterocycles. The minimum atomic E-state index is -0.761. The zero-order chi connectivity index (χ0) is 15.4. The van der Waals surface area contributed by atoms with Crippen molar-refractivity contribution < 1.29 is 9.59 Å². The Kier molecular flexibility index (Phi) is 3.35. The second kappa shape index (κ2) is 4.83. The van der Waals surface area contributed by atoms with Gasteiger partial charge in [0, 0.05) is 10.2 Å². The normalized spacial score (nSPS) is 29.5. The SMILES string of the molecule is Cc1cc(Br)ccc1N1C(=O)C(C)(C2CC2)NC(=O)C1C. The summed E-state index contributed by atoms with van der Waals surface area (Å²) in [6.45, 7) is 5.60. The number of aryl methyl sites for hydroxylation is 1. The van der Waals surface area contributed by atoms with Gasteiger partial charge in [0.2, 0.25) is 5.91 Å². The molecule has 1 aliphatic heterocycles. The summed E-state index contributed by atoms with van der Waals surface area (Å²) in [6, 6.07) is 5.29. The highest BCUT2D eigenvalue weighted by molar-refractivity contribution is 9.10. The van der Waals surface area contributed by atoms with Crippen molar-refractivity contribution in [2.45, 2.75) is 45.2 Å². The minimum Gasteiger partial charge on any atom is -0.340 e. The van der Waals surface area contributed by atoms with Gasteiger partial charge >= 0.3 is 0 Å². The van der Waals surface area contributed by atoms with E-state index in [1.54, 1.807) is 11.8 Å². The zero-order valence-corrected chi connectivity index (χ0v) is 14.0. The molecule has 0 bridgehead atoms. The summed E-state index contributed by atoms with van der Waals surface area (Å²) in [5, 5.41) is 2.95. The first-order valence-electron chi connectivity index (χ1n) is 7.26. The average molecular weight is 351 g/mol. The van der Waals surface area contributed by atoms with E-state index in [1.165, 1.54) is 0 Å². The Morgan fingerprint density at radius 2 is 2.00 bits per heavy atom. The largest absolute Gasteiger partial charge is 0.340 e. The highest BCUT2D eigenvalue weighted by Crippen LogP contribution is 2.43. The highest BCUT2D eigenvalue weighted by Gasteiger charge is 2.54. The molecule has 5 heteroatoms. The van der Waals surface area contributed by atoms with E-state index in [-0.39, 0.29) is 17.7 Å². The van der Waals surface area contributed by atoms with Crippen molar-refractivity contribution in [3.8, 4) is 0 Å². The molecular weight excluding hydrogens is 332 g/mol. The molecule has 2 aliphatic rings. The Hall–Kier alpha value is -1.36. The van der Waals surface area contributed by atoms with Crippen molar-refractivity contribution >= 4 is 33.4 Å². The van der Waals surface area contributed by atoms with Crippen LogP contribution >= 0.6 is 15.9 Å². The topological polar surface area (TPSA) is 49.4 Å². The number of carbonyl (C=O) groups is 2. The van der Waals surface area contributed by atoms with Gasteiger partial charge in [-0.2, -0.15) is 0 Å². The van der Waals surface area contributed by atoms with Gasteiger partial charge < -0.3 is 5.32 Å². The summed E-state index contributed by atoms with van der Waals surface area (Å²) in [4.78, 5) is 27.0. The van der Waals surface area contributed by atoms with Gasteiger partial charge in [-0.05, 0) is 63.3 Å². The van der Waals surface area contributed by atoms with Crippen molar-refractivity contribution in [2.75, 3.05) is 4.90 Å². The fourth-order valence-electron chi connectivity index (χ4n) is 3.10. The lowest BCUT2D eigenvalue weighted by atomic mass is 9.89. The molecule has 112 valence electrons. The maximum Gasteiger partial charge on any atom is 0.253 e. The summed E-state index contributed by atoms with van der Waals surface area (Å²) in [5.41, 5.74) is 1.04. The third-order valence-corrected chi connectivity index (χ3v) is 5.12. The molecule has 0 spiro atoms. The number of benzene rings is 1. The number of hydrogen-bond acceptors (Lipinski definition) is 2. The van der Waals surface area contributed by atoms with Crippen LogP contribution in [0, 0.1) is 12.8 Å². The van der Waals surface area contributed by atoms with E-state index >= 15 is 0 Å². The first kappa shape index (κ1) is 14.6. The van der Waals surface area contributed by atoms with Gasteiger partial charge in [-0.25, -0.2) is 0 Å². The van der Waals surface area contributed by atoms with Crippen LogP contribution in [0.5, 0.6) is 0 Å². The summed E-state index contributed by atoms with van der Waals surface area (Å²) >= 11 is 3.44. The van der Waals surface area contributed by atoms with Crippen LogP contribution in [0.4, 0.5) is 5.69 Å². The van der Waals surface area contributed by atoms with Gasteiger partial charge in [-0.1, -0.05) is 15.9 Å². The van der Waals surface area contributed by atoms with Crippen molar-refractivity contribution in [3.63, 3.8) is 0 Å².